The molecule has 1 aromatic rings. The van der Waals surface area contributed by atoms with Crippen LogP contribution < -0.4 is 16.0 Å². The maximum absolute atomic E-state index is 13.8. The lowest BCUT2D eigenvalue weighted by Gasteiger charge is -2.42. The Morgan fingerprint density at radius 3 is 3.00 bits per heavy atom. The Morgan fingerprint density at radius 1 is 1.50 bits per heavy atom. The summed E-state index contributed by atoms with van der Waals surface area (Å²) in [6.07, 6.45) is 2.35. The summed E-state index contributed by atoms with van der Waals surface area (Å²) in [5.74, 6) is -0.766. The van der Waals surface area contributed by atoms with E-state index >= 15 is 0 Å². The maximum atomic E-state index is 13.8. The van der Waals surface area contributed by atoms with Gasteiger partial charge in [-0.3, -0.25) is 14.6 Å². The molecule has 1 fully saturated rings. The van der Waals surface area contributed by atoms with Gasteiger partial charge in [0.05, 0.1) is 18.2 Å². The molecule has 2 amide bonds. The zero-order valence-electron chi connectivity index (χ0n) is 15.3. The van der Waals surface area contributed by atoms with Crippen LogP contribution in [0.25, 0.3) is 0 Å². The highest BCUT2D eigenvalue weighted by molar-refractivity contribution is 6.00. The van der Waals surface area contributed by atoms with Crippen molar-refractivity contribution in [1.29, 1.82) is 0 Å². The minimum Gasteiger partial charge on any atom is -0.349 e. The fourth-order valence-corrected chi connectivity index (χ4v) is 4.05. The zero-order chi connectivity index (χ0) is 18.8. The van der Waals surface area contributed by atoms with Gasteiger partial charge in [0.15, 0.2) is 0 Å². The number of piperidine rings is 1. The average Bonchev–Trinajstić information content (AvgIpc) is 2.58. The molecule has 2 aliphatic heterocycles. The van der Waals surface area contributed by atoms with E-state index in [1.807, 2.05) is 6.92 Å². The van der Waals surface area contributed by atoms with Crippen LogP contribution in [0.3, 0.4) is 0 Å². The van der Waals surface area contributed by atoms with E-state index in [0.717, 1.165) is 18.5 Å². The summed E-state index contributed by atoms with van der Waals surface area (Å²) >= 11 is 0. The van der Waals surface area contributed by atoms with Crippen molar-refractivity contribution in [2.45, 2.75) is 51.7 Å². The van der Waals surface area contributed by atoms with E-state index < -0.39 is 11.9 Å². The van der Waals surface area contributed by atoms with E-state index in [0.29, 0.717) is 5.57 Å². The summed E-state index contributed by atoms with van der Waals surface area (Å²) in [5.41, 5.74) is 1.66. The summed E-state index contributed by atoms with van der Waals surface area (Å²) in [7, 11) is 0. The molecule has 0 aromatic carbocycles. The fourth-order valence-electron chi connectivity index (χ4n) is 4.05. The van der Waals surface area contributed by atoms with Crippen molar-refractivity contribution in [3.63, 3.8) is 0 Å². The van der Waals surface area contributed by atoms with Crippen LogP contribution >= 0.6 is 0 Å². The monoisotopic (exact) mass is 360 g/mol. The summed E-state index contributed by atoms with van der Waals surface area (Å²) in [6, 6.07) is 2.61. The molecule has 0 radical (unpaired) electrons. The molecule has 3 unspecified atom stereocenters. The Labute approximate surface area is 152 Å². The third-order valence-electron chi connectivity index (χ3n) is 5.37. The number of pyridine rings is 1. The molecule has 26 heavy (non-hydrogen) atoms. The van der Waals surface area contributed by atoms with Gasteiger partial charge in [-0.1, -0.05) is 5.57 Å². The van der Waals surface area contributed by atoms with Gasteiger partial charge in [0.25, 0.3) is 0 Å². The molecule has 7 heteroatoms. The molecule has 0 spiro atoms. The Hall–Kier alpha value is -2.28. The molecule has 0 aliphatic carbocycles. The number of hydrogen-bond acceptors (Lipinski definition) is 4. The van der Waals surface area contributed by atoms with Crippen molar-refractivity contribution >= 4 is 11.8 Å². The molecular weight excluding hydrogens is 335 g/mol. The Bertz CT molecular complexity index is 749. The van der Waals surface area contributed by atoms with Crippen LogP contribution in [0.5, 0.6) is 0 Å². The third kappa shape index (κ3) is 3.62. The molecular formula is C19H25FN4O2. The predicted molar refractivity (Wildman–Crippen MR) is 95.6 cm³/mol. The molecule has 3 rings (SSSR count). The first kappa shape index (κ1) is 18.5. The predicted octanol–water partition coefficient (Wildman–Crippen LogP) is 1.60. The number of aromatic nitrogens is 1. The molecule has 1 aromatic heterocycles. The molecule has 3 heterocycles. The molecule has 1 saturated heterocycles. The van der Waals surface area contributed by atoms with Crippen LogP contribution in [0, 0.1) is 11.7 Å². The van der Waals surface area contributed by atoms with Crippen molar-refractivity contribution in [3.8, 4) is 0 Å². The fraction of sp³-hybridized carbons (Fsp3) is 0.526. The molecule has 0 bridgehead atoms. The number of carbonyl (C=O) groups excluding carboxylic acids is 2. The number of halogens is 1. The Balaban J connectivity index is 1.72. The number of hydrogen-bond donors (Lipinski definition) is 3. The molecule has 4 atom stereocenters. The van der Waals surface area contributed by atoms with Crippen LogP contribution in [0.2, 0.25) is 0 Å². The van der Waals surface area contributed by atoms with Gasteiger partial charge in [0.2, 0.25) is 11.8 Å². The second-order valence-corrected chi connectivity index (χ2v) is 7.14. The Kier molecular flexibility index (Phi) is 5.36. The first-order chi connectivity index (χ1) is 12.4. The van der Waals surface area contributed by atoms with Gasteiger partial charge in [-0.25, -0.2) is 4.39 Å². The molecule has 2 aliphatic rings. The van der Waals surface area contributed by atoms with Crippen LogP contribution in [0.1, 0.15) is 45.3 Å². The van der Waals surface area contributed by atoms with Gasteiger partial charge >= 0.3 is 0 Å². The van der Waals surface area contributed by atoms with Crippen LogP contribution in [-0.2, 0) is 9.59 Å². The lowest BCUT2D eigenvalue weighted by molar-refractivity contribution is -0.124. The second-order valence-electron chi connectivity index (χ2n) is 7.14. The van der Waals surface area contributed by atoms with Crippen LogP contribution in [0.15, 0.2) is 29.5 Å². The standard InChI is InChI=1S/C19H25FN4O2/c1-10-13(19(26)24-15-6-8-21-11(2)17(10)15)9-16(25)23-12(3)18-14(20)5-4-7-22-18/h4-5,7,11-12,15,17,21H,6,8-9H2,1-3H3,(H,23,25)(H,24,26)/t11?,12-,15?,17?/m0/s1. The van der Waals surface area contributed by atoms with Crippen molar-refractivity contribution < 1.29 is 14.0 Å². The van der Waals surface area contributed by atoms with Gasteiger partial charge < -0.3 is 16.0 Å². The van der Waals surface area contributed by atoms with Gasteiger partial charge in [-0.2, -0.15) is 0 Å². The number of nitrogens with one attached hydrogen (secondary N) is 3. The number of carbonyl (C=O) groups is 2. The van der Waals surface area contributed by atoms with E-state index in [1.54, 1.807) is 6.92 Å². The average molecular weight is 360 g/mol. The van der Waals surface area contributed by atoms with Crippen molar-refractivity contribution in [2.75, 3.05) is 6.54 Å². The van der Waals surface area contributed by atoms with E-state index in [-0.39, 0.29) is 41.9 Å². The van der Waals surface area contributed by atoms with Gasteiger partial charge in [-0.05, 0) is 45.9 Å². The number of rotatable bonds is 4. The first-order valence-corrected chi connectivity index (χ1v) is 9.02. The minimum atomic E-state index is -0.570. The maximum Gasteiger partial charge on any atom is 0.247 e. The summed E-state index contributed by atoms with van der Waals surface area (Å²) in [5, 5.41) is 9.20. The third-order valence-corrected chi connectivity index (χ3v) is 5.37. The van der Waals surface area contributed by atoms with E-state index in [2.05, 4.69) is 27.9 Å². The highest BCUT2D eigenvalue weighted by Gasteiger charge is 2.39. The lowest BCUT2D eigenvalue weighted by atomic mass is 9.76. The summed E-state index contributed by atoms with van der Waals surface area (Å²) < 4.78 is 13.8. The highest BCUT2D eigenvalue weighted by Crippen LogP contribution is 2.32. The summed E-state index contributed by atoms with van der Waals surface area (Å²) in [6.45, 7) is 6.58. The summed E-state index contributed by atoms with van der Waals surface area (Å²) in [4.78, 5) is 28.9. The minimum absolute atomic E-state index is 0.0214. The van der Waals surface area contributed by atoms with Crippen molar-refractivity contribution in [2.24, 2.45) is 5.92 Å². The van der Waals surface area contributed by atoms with Gasteiger partial charge in [-0.15, -0.1) is 0 Å². The van der Waals surface area contributed by atoms with Crippen LogP contribution in [0.4, 0.5) is 4.39 Å². The van der Waals surface area contributed by atoms with Gasteiger partial charge in [0.1, 0.15) is 5.82 Å². The first-order valence-electron chi connectivity index (χ1n) is 9.02. The largest absolute Gasteiger partial charge is 0.349 e. The Morgan fingerprint density at radius 2 is 2.27 bits per heavy atom. The normalized spacial score (nSPS) is 26.8. The van der Waals surface area contributed by atoms with Crippen LogP contribution in [-0.4, -0.2) is 35.4 Å². The smallest absolute Gasteiger partial charge is 0.247 e. The molecule has 6 nitrogen and oxygen atoms in total. The van der Waals surface area contributed by atoms with Gasteiger partial charge in [0, 0.05) is 29.8 Å². The van der Waals surface area contributed by atoms with E-state index in [4.69, 9.17) is 0 Å². The number of nitrogens with zero attached hydrogens (tertiary/aromatic N) is 1. The van der Waals surface area contributed by atoms with E-state index in [9.17, 15) is 14.0 Å². The second kappa shape index (κ2) is 7.53. The lowest BCUT2D eigenvalue weighted by Crippen LogP contribution is -2.57. The van der Waals surface area contributed by atoms with Crippen molar-refractivity contribution in [1.82, 2.24) is 20.9 Å². The molecule has 140 valence electrons. The molecule has 3 N–H and O–H groups in total. The topological polar surface area (TPSA) is 83.1 Å². The molecule has 0 saturated carbocycles. The quantitative estimate of drug-likeness (QED) is 0.762. The number of amides is 2. The van der Waals surface area contributed by atoms with Crippen molar-refractivity contribution in [3.05, 3.63) is 41.0 Å². The zero-order valence-corrected chi connectivity index (χ0v) is 15.3. The van der Waals surface area contributed by atoms with E-state index in [1.165, 1.54) is 18.3 Å². The SMILES string of the molecule is CC1=C(CC(=O)N[C@@H](C)c2ncccc2F)C(=O)NC2CCNC(C)C12. The highest BCUT2D eigenvalue weighted by atomic mass is 19.1. The number of fused-ring (bicyclic) bond motifs is 1.